The van der Waals surface area contributed by atoms with E-state index in [9.17, 15) is 13.2 Å². The van der Waals surface area contributed by atoms with Gasteiger partial charge in [0.2, 0.25) is 10.0 Å². The summed E-state index contributed by atoms with van der Waals surface area (Å²) >= 11 is 0. The predicted molar refractivity (Wildman–Crippen MR) is 81.8 cm³/mol. The van der Waals surface area contributed by atoms with Crippen LogP contribution in [0, 0.1) is 0 Å². The van der Waals surface area contributed by atoms with Crippen LogP contribution in [-0.2, 0) is 14.8 Å². The van der Waals surface area contributed by atoms with E-state index in [1.807, 2.05) is 12.1 Å². The minimum absolute atomic E-state index is 0.128. The Morgan fingerprint density at radius 3 is 2.29 bits per heavy atom. The van der Waals surface area contributed by atoms with Crippen LogP contribution in [0.3, 0.4) is 0 Å². The van der Waals surface area contributed by atoms with Crippen molar-refractivity contribution in [2.24, 2.45) is 0 Å². The number of nitrogens with one attached hydrogen (secondary N) is 1. The average molecular weight is 313 g/mol. The van der Waals surface area contributed by atoms with Gasteiger partial charge in [-0.1, -0.05) is 32.4 Å². The molecule has 118 valence electrons. The molecule has 1 rings (SSSR count). The Morgan fingerprint density at radius 2 is 1.76 bits per heavy atom. The fourth-order valence-corrected chi connectivity index (χ4v) is 2.97. The molecule has 2 N–H and O–H groups in total. The van der Waals surface area contributed by atoms with E-state index in [1.165, 1.54) is 0 Å². The number of benzene rings is 1. The van der Waals surface area contributed by atoms with Crippen LogP contribution in [0.2, 0.25) is 0 Å². The highest BCUT2D eigenvalue weighted by Gasteiger charge is 2.13. The van der Waals surface area contributed by atoms with Crippen LogP contribution in [-0.4, -0.2) is 26.0 Å². The largest absolute Gasteiger partial charge is 0.481 e. The molecule has 0 aliphatic carbocycles. The monoisotopic (exact) mass is 313 g/mol. The molecule has 6 heteroatoms. The first-order valence-electron chi connectivity index (χ1n) is 7.14. The summed E-state index contributed by atoms with van der Waals surface area (Å²) in [6.45, 7) is 4.44. The summed E-state index contributed by atoms with van der Waals surface area (Å²) < 4.78 is 26.6. The maximum absolute atomic E-state index is 12.0. The predicted octanol–water partition coefficient (Wildman–Crippen LogP) is 2.73. The van der Waals surface area contributed by atoms with Crippen molar-refractivity contribution in [3.8, 4) is 0 Å². The second kappa shape index (κ2) is 8.14. The van der Waals surface area contributed by atoms with Crippen molar-refractivity contribution in [1.29, 1.82) is 0 Å². The average Bonchev–Trinajstić information content (AvgIpc) is 2.42. The van der Waals surface area contributed by atoms with E-state index < -0.39 is 16.0 Å². The highest BCUT2D eigenvalue weighted by Crippen LogP contribution is 2.17. The van der Waals surface area contributed by atoms with Crippen molar-refractivity contribution >= 4 is 16.0 Å². The lowest BCUT2D eigenvalue weighted by atomic mass is 10.0. The normalized spacial score (nSPS) is 11.8. The number of carboxylic acid groups (broad SMARTS) is 1. The topological polar surface area (TPSA) is 83.5 Å². The van der Waals surface area contributed by atoms with Gasteiger partial charge in [-0.05, 0) is 36.5 Å². The Bertz CT molecular complexity index is 550. The summed E-state index contributed by atoms with van der Waals surface area (Å²) in [7, 11) is -3.47. The Balaban J connectivity index is 2.44. The van der Waals surface area contributed by atoms with Crippen molar-refractivity contribution in [2.45, 2.75) is 50.3 Å². The highest BCUT2D eigenvalue weighted by atomic mass is 32.2. The van der Waals surface area contributed by atoms with E-state index in [1.54, 1.807) is 12.1 Å². The van der Waals surface area contributed by atoms with Gasteiger partial charge in [-0.25, -0.2) is 13.1 Å². The van der Waals surface area contributed by atoms with Crippen LogP contribution >= 0.6 is 0 Å². The van der Waals surface area contributed by atoms with Crippen LogP contribution in [0.15, 0.2) is 29.2 Å². The van der Waals surface area contributed by atoms with Crippen molar-refractivity contribution in [1.82, 2.24) is 4.72 Å². The molecule has 0 aliphatic rings. The van der Waals surface area contributed by atoms with Crippen LogP contribution < -0.4 is 4.72 Å². The Labute approximate surface area is 126 Å². The molecule has 1 aromatic carbocycles. The quantitative estimate of drug-likeness (QED) is 0.687. The number of carbonyl (C=O) groups is 1. The van der Waals surface area contributed by atoms with E-state index in [0.29, 0.717) is 31.7 Å². The number of hydrogen-bond acceptors (Lipinski definition) is 3. The number of aliphatic carboxylic acids is 1. The van der Waals surface area contributed by atoms with Crippen LogP contribution in [0.1, 0.15) is 51.0 Å². The molecule has 0 radical (unpaired) electrons. The van der Waals surface area contributed by atoms with E-state index in [0.717, 1.165) is 5.56 Å². The van der Waals surface area contributed by atoms with Crippen molar-refractivity contribution in [3.63, 3.8) is 0 Å². The third kappa shape index (κ3) is 6.27. The maximum atomic E-state index is 12.0. The molecule has 0 saturated heterocycles. The number of unbranched alkanes of at least 4 members (excludes halogenated alkanes) is 2. The number of sulfonamides is 1. The minimum Gasteiger partial charge on any atom is -0.481 e. The second-order valence-electron chi connectivity index (χ2n) is 5.33. The molecular formula is C15H23NO4S. The molecule has 0 atom stereocenters. The van der Waals surface area contributed by atoms with Gasteiger partial charge >= 0.3 is 5.97 Å². The molecule has 0 fully saturated rings. The smallest absolute Gasteiger partial charge is 0.303 e. The zero-order chi connectivity index (χ0) is 15.9. The molecule has 0 aliphatic heterocycles. The van der Waals surface area contributed by atoms with Gasteiger partial charge in [-0.2, -0.15) is 0 Å². The molecular weight excluding hydrogens is 290 g/mol. The molecule has 5 nitrogen and oxygen atoms in total. The highest BCUT2D eigenvalue weighted by molar-refractivity contribution is 7.89. The summed E-state index contributed by atoms with van der Waals surface area (Å²) in [5, 5.41) is 8.50. The van der Waals surface area contributed by atoms with Crippen molar-refractivity contribution in [2.75, 3.05) is 6.54 Å². The first-order valence-corrected chi connectivity index (χ1v) is 8.62. The van der Waals surface area contributed by atoms with Crippen molar-refractivity contribution in [3.05, 3.63) is 29.8 Å². The third-order valence-electron chi connectivity index (χ3n) is 3.22. The van der Waals surface area contributed by atoms with Gasteiger partial charge in [0, 0.05) is 13.0 Å². The van der Waals surface area contributed by atoms with Crippen LogP contribution in [0.4, 0.5) is 0 Å². The molecule has 0 bridgehead atoms. The lowest BCUT2D eigenvalue weighted by molar-refractivity contribution is -0.137. The van der Waals surface area contributed by atoms with Gasteiger partial charge in [0.05, 0.1) is 4.90 Å². The first kappa shape index (κ1) is 17.7. The molecule has 0 heterocycles. The van der Waals surface area contributed by atoms with E-state index in [4.69, 9.17) is 5.11 Å². The van der Waals surface area contributed by atoms with E-state index in [2.05, 4.69) is 18.6 Å². The fourth-order valence-electron chi connectivity index (χ4n) is 1.90. The number of hydrogen-bond donors (Lipinski definition) is 2. The molecule has 21 heavy (non-hydrogen) atoms. The SMILES string of the molecule is CC(C)c1ccc(S(=O)(=O)NCCCCCC(=O)O)cc1. The summed E-state index contributed by atoms with van der Waals surface area (Å²) in [4.78, 5) is 10.6. The molecule has 0 spiro atoms. The Kier molecular flexibility index (Phi) is 6.84. The maximum Gasteiger partial charge on any atom is 0.303 e. The van der Waals surface area contributed by atoms with Gasteiger partial charge in [-0.3, -0.25) is 4.79 Å². The van der Waals surface area contributed by atoms with Gasteiger partial charge < -0.3 is 5.11 Å². The fraction of sp³-hybridized carbons (Fsp3) is 0.533. The zero-order valence-electron chi connectivity index (χ0n) is 12.5. The van der Waals surface area contributed by atoms with Crippen LogP contribution in [0.25, 0.3) is 0 Å². The standard InChI is InChI=1S/C15H23NO4S/c1-12(2)13-7-9-14(10-8-13)21(19,20)16-11-5-3-4-6-15(17)18/h7-10,12,16H,3-6,11H2,1-2H3,(H,17,18). The molecule has 0 aromatic heterocycles. The van der Waals surface area contributed by atoms with Gasteiger partial charge in [-0.15, -0.1) is 0 Å². The first-order chi connectivity index (χ1) is 9.83. The summed E-state index contributed by atoms with van der Waals surface area (Å²) in [5.41, 5.74) is 1.10. The molecule has 0 saturated carbocycles. The van der Waals surface area contributed by atoms with Gasteiger partial charge in [0.15, 0.2) is 0 Å². The number of carboxylic acids is 1. The Hall–Kier alpha value is -1.40. The minimum atomic E-state index is -3.47. The summed E-state index contributed by atoms with van der Waals surface area (Å²) in [5.74, 6) is -0.454. The summed E-state index contributed by atoms with van der Waals surface area (Å²) in [6.07, 6.45) is 2.03. The summed E-state index contributed by atoms with van der Waals surface area (Å²) in [6, 6.07) is 6.88. The Morgan fingerprint density at radius 1 is 1.14 bits per heavy atom. The third-order valence-corrected chi connectivity index (χ3v) is 4.69. The zero-order valence-corrected chi connectivity index (χ0v) is 13.3. The lowest BCUT2D eigenvalue weighted by Crippen LogP contribution is -2.24. The number of rotatable bonds is 9. The van der Waals surface area contributed by atoms with E-state index in [-0.39, 0.29) is 11.3 Å². The lowest BCUT2D eigenvalue weighted by Gasteiger charge is -2.09. The second-order valence-corrected chi connectivity index (χ2v) is 7.09. The molecule has 0 unspecified atom stereocenters. The van der Waals surface area contributed by atoms with Gasteiger partial charge in [0.25, 0.3) is 0 Å². The van der Waals surface area contributed by atoms with Crippen molar-refractivity contribution < 1.29 is 18.3 Å². The molecule has 1 aromatic rings. The molecule has 0 amide bonds. The van der Waals surface area contributed by atoms with E-state index >= 15 is 0 Å². The van der Waals surface area contributed by atoms with Gasteiger partial charge in [0.1, 0.15) is 0 Å². The van der Waals surface area contributed by atoms with Crippen LogP contribution in [0.5, 0.6) is 0 Å².